The quantitative estimate of drug-likeness (QED) is 0.794. The standard InChI is InChI=1S/C23H28N4O/c1-16(2)26-10-12-27(13-11-26)22-9-8-18(14-17(22)3)24-15-20-19-6-4-5-7-21(19)25-23(20)28/h4-9,14-16,24H,10-13H2,1-3H3,(H,25,28)/b20-15+. The minimum Gasteiger partial charge on any atom is -0.369 e. The van der Waals surface area contributed by atoms with Crippen LogP contribution in [0.5, 0.6) is 0 Å². The Hall–Kier alpha value is -2.79. The van der Waals surface area contributed by atoms with E-state index in [9.17, 15) is 4.79 Å². The van der Waals surface area contributed by atoms with Gasteiger partial charge in [-0.2, -0.15) is 0 Å². The van der Waals surface area contributed by atoms with Gasteiger partial charge < -0.3 is 15.5 Å². The lowest BCUT2D eigenvalue weighted by Gasteiger charge is -2.38. The summed E-state index contributed by atoms with van der Waals surface area (Å²) in [6.07, 6.45) is 1.80. The van der Waals surface area contributed by atoms with Gasteiger partial charge in [0.25, 0.3) is 5.91 Å². The fourth-order valence-corrected chi connectivity index (χ4v) is 4.02. The van der Waals surface area contributed by atoms with E-state index in [2.05, 4.69) is 59.4 Å². The first-order chi connectivity index (χ1) is 13.5. The molecule has 0 spiro atoms. The van der Waals surface area contributed by atoms with E-state index in [0.29, 0.717) is 11.6 Å². The van der Waals surface area contributed by atoms with Gasteiger partial charge in [0.1, 0.15) is 0 Å². The Kier molecular flexibility index (Phi) is 5.09. The van der Waals surface area contributed by atoms with Crippen LogP contribution < -0.4 is 15.5 Å². The SMILES string of the molecule is Cc1cc(N/C=C2/C(=O)Nc3ccccc32)ccc1N1CCN(C(C)C)CC1. The molecule has 0 atom stereocenters. The Bertz CT molecular complexity index is 911. The summed E-state index contributed by atoms with van der Waals surface area (Å²) in [5.74, 6) is -0.0648. The van der Waals surface area contributed by atoms with Crippen LogP contribution in [0.3, 0.4) is 0 Å². The molecule has 1 fully saturated rings. The Morgan fingerprint density at radius 2 is 1.82 bits per heavy atom. The Balaban J connectivity index is 1.46. The molecule has 5 nitrogen and oxygen atoms in total. The number of amides is 1. The van der Waals surface area contributed by atoms with E-state index in [-0.39, 0.29) is 5.91 Å². The van der Waals surface area contributed by atoms with E-state index in [1.165, 1.54) is 11.3 Å². The molecule has 1 amide bonds. The molecule has 5 heteroatoms. The first-order valence-corrected chi connectivity index (χ1v) is 10.00. The maximum atomic E-state index is 12.2. The Labute approximate surface area is 167 Å². The zero-order valence-corrected chi connectivity index (χ0v) is 16.8. The van der Waals surface area contributed by atoms with Crippen molar-refractivity contribution in [3.63, 3.8) is 0 Å². The average molecular weight is 377 g/mol. The topological polar surface area (TPSA) is 47.6 Å². The number of anilines is 3. The van der Waals surface area contributed by atoms with Crippen molar-refractivity contribution in [2.45, 2.75) is 26.8 Å². The molecule has 0 unspecified atom stereocenters. The number of nitrogens with one attached hydrogen (secondary N) is 2. The van der Waals surface area contributed by atoms with Crippen molar-refractivity contribution >= 4 is 28.5 Å². The van der Waals surface area contributed by atoms with E-state index in [0.717, 1.165) is 43.1 Å². The van der Waals surface area contributed by atoms with Crippen LogP contribution in [0.2, 0.25) is 0 Å². The third kappa shape index (κ3) is 3.62. The van der Waals surface area contributed by atoms with E-state index < -0.39 is 0 Å². The van der Waals surface area contributed by atoms with E-state index in [1.54, 1.807) is 6.20 Å². The highest BCUT2D eigenvalue weighted by Crippen LogP contribution is 2.31. The molecular formula is C23H28N4O. The molecule has 2 aromatic carbocycles. The molecule has 2 aromatic rings. The number of hydrogen-bond acceptors (Lipinski definition) is 4. The van der Waals surface area contributed by atoms with Crippen molar-refractivity contribution in [2.75, 3.05) is 41.7 Å². The number of piperazine rings is 1. The smallest absolute Gasteiger partial charge is 0.257 e. The highest BCUT2D eigenvalue weighted by molar-refractivity contribution is 6.31. The normalized spacial score (nSPS) is 18.5. The number of carbonyl (C=O) groups excluding carboxylic acids is 1. The van der Waals surface area contributed by atoms with E-state index in [4.69, 9.17) is 0 Å². The van der Waals surface area contributed by atoms with Gasteiger partial charge in [0.2, 0.25) is 0 Å². The van der Waals surface area contributed by atoms with Gasteiger partial charge in [-0.05, 0) is 50.6 Å². The third-order valence-electron chi connectivity index (χ3n) is 5.68. The number of benzene rings is 2. The predicted molar refractivity (Wildman–Crippen MR) is 117 cm³/mol. The van der Waals surface area contributed by atoms with Crippen molar-refractivity contribution in [3.8, 4) is 0 Å². The summed E-state index contributed by atoms with van der Waals surface area (Å²) in [5, 5.41) is 6.20. The monoisotopic (exact) mass is 376 g/mol. The summed E-state index contributed by atoms with van der Waals surface area (Å²) in [5.41, 5.74) is 6.01. The molecule has 0 saturated carbocycles. The summed E-state index contributed by atoms with van der Waals surface area (Å²) >= 11 is 0. The van der Waals surface area contributed by atoms with Gasteiger partial charge in [-0.15, -0.1) is 0 Å². The maximum Gasteiger partial charge on any atom is 0.257 e. The minimum absolute atomic E-state index is 0.0648. The van der Waals surface area contributed by atoms with Crippen LogP contribution in [0, 0.1) is 6.92 Å². The van der Waals surface area contributed by atoms with Gasteiger partial charge in [-0.25, -0.2) is 0 Å². The van der Waals surface area contributed by atoms with Crippen LogP contribution in [0.4, 0.5) is 17.1 Å². The van der Waals surface area contributed by atoms with Crippen molar-refractivity contribution in [1.29, 1.82) is 0 Å². The molecule has 2 heterocycles. The first-order valence-electron chi connectivity index (χ1n) is 10.00. The molecule has 2 aliphatic rings. The predicted octanol–water partition coefficient (Wildman–Crippen LogP) is 3.93. The Morgan fingerprint density at radius 1 is 1.07 bits per heavy atom. The highest BCUT2D eigenvalue weighted by atomic mass is 16.2. The first kappa shape index (κ1) is 18.6. The minimum atomic E-state index is -0.0648. The number of para-hydroxylation sites is 1. The molecule has 1 saturated heterocycles. The van der Waals surface area contributed by atoms with Gasteiger partial charge in [0.05, 0.1) is 5.57 Å². The van der Waals surface area contributed by atoms with Gasteiger partial charge in [0.15, 0.2) is 0 Å². The molecule has 0 bridgehead atoms. The number of fused-ring (bicyclic) bond motifs is 1. The lowest BCUT2D eigenvalue weighted by molar-refractivity contribution is -0.110. The summed E-state index contributed by atoms with van der Waals surface area (Å²) in [4.78, 5) is 17.2. The number of aryl methyl sites for hydroxylation is 1. The lowest BCUT2D eigenvalue weighted by Crippen LogP contribution is -2.49. The molecule has 4 rings (SSSR count). The van der Waals surface area contributed by atoms with Crippen LogP contribution in [0.1, 0.15) is 25.0 Å². The van der Waals surface area contributed by atoms with Crippen LogP contribution >= 0.6 is 0 Å². The molecule has 146 valence electrons. The molecule has 28 heavy (non-hydrogen) atoms. The van der Waals surface area contributed by atoms with Gasteiger partial charge >= 0.3 is 0 Å². The second-order valence-electron chi connectivity index (χ2n) is 7.82. The van der Waals surface area contributed by atoms with E-state index in [1.807, 2.05) is 24.3 Å². The molecular weight excluding hydrogens is 348 g/mol. The van der Waals surface area contributed by atoms with Crippen molar-refractivity contribution < 1.29 is 4.79 Å². The van der Waals surface area contributed by atoms with Gasteiger partial charge in [0, 0.05) is 61.0 Å². The summed E-state index contributed by atoms with van der Waals surface area (Å²) in [6, 6.07) is 14.8. The third-order valence-corrected chi connectivity index (χ3v) is 5.68. The number of rotatable bonds is 4. The van der Waals surface area contributed by atoms with E-state index >= 15 is 0 Å². The maximum absolute atomic E-state index is 12.2. The molecule has 0 radical (unpaired) electrons. The number of hydrogen-bond donors (Lipinski definition) is 2. The van der Waals surface area contributed by atoms with Crippen LogP contribution in [0.25, 0.3) is 5.57 Å². The van der Waals surface area contributed by atoms with Crippen LogP contribution in [-0.2, 0) is 4.79 Å². The number of carbonyl (C=O) groups is 1. The number of nitrogens with zero attached hydrogens (tertiary/aromatic N) is 2. The lowest BCUT2D eigenvalue weighted by atomic mass is 10.1. The van der Waals surface area contributed by atoms with Crippen molar-refractivity contribution in [3.05, 3.63) is 59.8 Å². The fraction of sp³-hybridized carbons (Fsp3) is 0.348. The second-order valence-corrected chi connectivity index (χ2v) is 7.82. The highest BCUT2D eigenvalue weighted by Gasteiger charge is 2.23. The second kappa shape index (κ2) is 7.68. The molecule has 0 aromatic heterocycles. The molecule has 0 aliphatic carbocycles. The molecule has 2 N–H and O–H groups in total. The summed E-state index contributed by atoms with van der Waals surface area (Å²) < 4.78 is 0. The van der Waals surface area contributed by atoms with Crippen LogP contribution in [0.15, 0.2) is 48.7 Å². The summed E-state index contributed by atoms with van der Waals surface area (Å²) in [6.45, 7) is 11.0. The van der Waals surface area contributed by atoms with Crippen molar-refractivity contribution in [2.24, 2.45) is 0 Å². The molecule has 2 aliphatic heterocycles. The zero-order chi connectivity index (χ0) is 19.7. The average Bonchev–Trinajstić information content (AvgIpc) is 3.01. The largest absolute Gasteiger partial charge is 0.369 e. The van der Waals surface area contributed by atoms with Gasteiger partial charge in [-0.1, -0.05) is 18.2 Å². The zero-order valence-electron chi connectivity index (χ0n) is 16.8. The fourth-order valence-electron chi connectivity index (χ4n) is 4.02. The van der Waals surface area contributed by atoms with Gasteiger partial charge in [-0.3, -0.25) is 9.69 Å². The Morgan fingerprint density at radius 3 is 2.54 bits per heavy atom. The summed E-state index contributed by atoms with van der Waals surface area (Å²) in [7, 11) is 0. The van der Waals surface area contributed by atoms with Crippen LogP contribution in [-0.4, -0.2) is 43.0 Å². The van der Waals surface area contributed by atoms with Crippen molar-refractivity contribution in [1.82, 2.24) is 4.90 Å².